The summed E-state index contributed by atoms with van der Waals surface area (Å²) in [5.74, 6) is -1.03. The van der Waals surface area contributed by atoms with Gasteiger partial charge in [0, 0.05) is 12.0 Å². The van der Waals surface area contributed by atoms with Gasteiger partial charge >= 0.3 is 5.97 Å². The van der Waals surface area contributed by atoms with Crippen LogP contribution in [0.2, 0.25) is 0 Å². The predicted molar refractivity (Wildman–Crippen MR) is 69.9 cm³/mol. The van der Waals surface area contributed by atoms with E-state index in [-0.39, 0.29) is 35.3 Å². The van der Waals surface area contributed by atoms with Gasteiger partial charge in [0.15, 0.2) is 0 Å². The van der Waals surface area contributed by atoms with Crippen LogP contribution in [0.4, 0.5) is 8.78 Å². The Labute approximate surface area is 118 Å². The van der Waals surface area contributed by atoms with E-state index in [1.807, 2.05) is 0 Å². The lowest BCUT2D eigenvalue weighted by Gasteiger charge is -2.12. The molecule has 0 aliphatic rings. The van der Waals surface area contributed by atoms with Crippen LogP contribution < -0.4 is 0 Å². The maximum Gasteiger partial charge on any atom is 0.338 e. The molecule has 0 saturated carbocycles. The van der Waals surface area contributed by atoms with E-state index in [9.17, 15) is 18.4 Å². The fourth-order valence-electron chi connectivity index (χ4n) is 1.67. The van der Waals surface area contributed by atoms with E-state index in [1.54, 1.807) is 6.92 Å². The second-order valence-corrected chi connectivity index (χ2v) is 4.31. The third kappa shape index (κ3) is 4.09. The Hall–Kier alpha value is -1.30. The van der Waals surface area contributed by atoms with Gasteiger partial charge in [-0.05, 0) is 18.6 Å². The normalized spacial score (nSPS) is 10.6. The van der Waals surface area contributed by atoms with Gasteiger partial charge in [-0.1, -0.05) is 28.1 Å². The maximum absolute atomic E-state index is 13.1. The van der Waals surface area contributed by atoms with Crippen molar-refractivity contribution in [1.82, 2.24) is 0 Å². The molecule has 0 heterocycles. The molecule has 0 aromatic heterocycles. The van der Waals surface area contributed by atoms with Gasteiger partial charge in [-0.15, -0.1) is 0 Å². The monoisotopic (exact) mass is 334 g/mol. The molecule has 0 atom stereocenters. The summed E-state index contributed by atoms with van der Waals surface area (Å²) in [4.78, 5) is 23.0. The number of ether oxygens (including phenoxy) is 1. The highest BCUT2D eigenvalue weighted by Gasteiger charge is 2.23. The molecule has 1 aromatic rings. The number of halogens is 3. The first-order valence-electron chi connectivity index (χ1n) is 5.66. The standard InChI is InChI=1S/C13H13BrF2O3/c1-2-19-13(18)10-5-3-4-8(6-9(17)7-14)11(10)12(15)16/h3-5,12H,2,6-7H2,1H3. The average molecular weight is 335 g/mol. The van der Waals surface area contributed by atoms with Crippen molar-refractivity contribution < 1.29 is 23.1 Å². The summed E-state index contributed by atoms with van der Waals surface area (Å²) >= 11 is 2.98. The van der Waals surface area contributed by atoms with Crippen molar-refractivity contribution in [2.24, 2.45) is 0 Å². The SMILES string of the molecule is CCOC(=O)c1cccc(CC(=O)CBr)c1C(F)F. The molecule has 1 rings (SSSR count). The van der Waals surface area contributed by atoms with Crippen molar-refractivity contribution in [3.05, 3.63) is 34.9 Å². The molecule has 0 radical (unpaired) electrons. The van der Waals surface area contributed by atoms with Crippen LogP contribution in [0.15, 0.2) is 18.2 Å². The zero-order valence-electron chi connectivity index (χ0n) is 10.3. The topological polar surface area (TPSA) is 43.4 Å². The quantitative estimate of drug-likeness (QED) is 0.592. The van der Waals surface area contributed by atoms with Gasteiger partial charge in [0.1, 0.15) is 5.78 Å². The molecule has 0 unspecified atom stereocenters. The highest BCUT2D eigenvalue weighted by Crippen LogP contribution is 2.28. The van der Waals surface area contributed by atoms with Gasteiger partial charge in [0.2, 0.25) is 0 Å². The largest absolute Gasteiger partial charge is 0.462 e. The number of esters is 1. The van der Waals surface area contributed by atoms with Crippen molar-refractivity contribution in [3.63, 3.8) is 0 Å². The van der Waals surface area contributed by atoms with Crippen molar-refractivity contribution >= 4 is 27.7 Å². The zero-order valence-corrected chi connectivity index (χ0v) is 11.9. The molecular weight excluding hydrogens is 322 g/mol. The summed E-state index contributed by atoms with van der Waals surface area (Å²) in [6, 6.07) is 4.17. The average Bonchev–Trinajstić information content (AvgIpc) is 2.38. The Bertz CT molecular complexity index is 475. The van der Waals surface area contributed by atoms with Crippen molar-refractivity contribution in [2.45, 2.75) is 19.8 Å². The minimum absolute atomic E-state index is 0.0827. The fourth-order valence-corrected chi connectivity index (χ4v) is 1.87. The molecule has 1 aromatic carbocycles. The smallest absolute Gasteiger partial charge is 0.338 e. The van der Waals surface area contributed by atoms with Gasteiger partial charge in [-0.3, -0.25) is 4.79 Å². The number of Topliss-reactive ketones (excluding diaryl/α,β-unsaturated/α-hetero) is 1. The van der Waals surface area contributed by atoms with E-state index in [0.29, 0.717) is 0 Å². The van der Waals surface area contributed by atoms with Gasteiger partial charge in [-0.2, -0.15) is 0 Å². The van der Waals surface area contributed by atoms with E-state index in [0.717, 1.165) is 0 Å². The molecule has 0 bridgehead atoms. The van der Waals surface area contributed by atoms with Crippen molar-refractivity contribution in [1.29, 1.82) is 0 Å². The van der Waals surface area contributed by atoms with Crippen LogP contribution in [0.3, 0.4) is 0 Å². The van der Waals surface area contributed by atoms with E-state index < -0.39 is 18.0 Å². The predicted octanol–water partition coefficient (Wildman–Crippen LogP) is 3.31. The number of benzene rings is 1. The molecule has 0 aliphatic carbocycles. The number of alkyl halides is 3. The third-order valence-corrected chi connectivity index (χ3v) is 3.07. The van der Waals surface area contributed by atoms with E-state index in [2.05, 4.69) is 15.9 Å². The van der Waals surface area contributed by atoms with Crippen LogP contribution in [0.1, 0.15) is 34.8 Å². The number of hydrogen-bond donors (Lipinski definition) is 0. The van der Waals surface area contributed by atoms with Crippen LogP contribution in [0.5, 0.6) is 0 Å². The highest BCUT2D eigenvalue weighted by molar-refractivity contribution is 9.09. The summed E-state index contributed by atoms with van der Waals surface area (Å²) in [6.07, 6.45) is -2.98. The van der Waals surface area contributed by atoms with E-state index >= 15 is 0 Å². The summed E-state index contributed by atoms with van der Waals surface area (Å²) in [6.45, 7) is 1.70. The minimum atomic E-state index is -2.83. The van der Waals surface area contributed by atoms with Gasteiger partial charge in [0.25, 0.3) is 6.43 Å². The molecule has 0 saturated heterocycles. The van der Waals surface area contributed by atoms with E-state index in [4.69, 9.17) is 4.74 Å². The zero-order chi connectivity index (χ0) is 14.4. The molecule has 0 amide bonds. The van der Waals surface area contributed by atoms with Crippen LogP contribution in [-0.4, -0.2) is 23.7 Å². The van der Waals surface area contributed by atoms with Crippen LogP contribution in [0.25, 0.3) is 0 Å². The first-order valence-corrected chi connectivity index (χ1v) is 6.78. The second kappa shape index (κ2) is 7.33. The Morgan fingerprint density at radius 1 is 1.37 bits per heavy atom. The molecule has 0 spiro atoms. The van der Waals surface area contributed by atoms with E-state index in [1.165, 1.54) is 18.2 Å². The summed E-state index contributed by atoms with van der Waals surface area (Å²) in [5, 5.41) is 0.0827. The lowest BCUT2D eigenvalue weighted by molar-refractivity contribution is -0.115. The molecule has 19 heavy (non-hydrogen) atoms. The Balaban J connectivity index is 3.21. The van der Waals surface area contributed by atoms with Crippen LogP contribution >= 0.6 is 15.9 Å². The second-order valence-electron chi connectivity index (χ2n) is 3.75. The molecular formula is C13H13BrF2O3. The molecule has 0 fully saturated rings. The van der Waals surface area contributed by atoms with Gasteiger partial charge in [0.05, 0.1) is 17.5 Å². The molecule has 0 N–H and O–H groups in total. The lowest BCUT2D eigenvalue weighted by atomic mass is 9.97. The van der Waals surface area contributed by atoms with Gasteiger partial charge in [-0.25, -0.2) is 13.6 Å². The first-order chi connectivity index (χ1) is 9.01. The van der Waals surface area contributed by atoms with Gasteiger partial charge < -0.3 is 4.74 Å². The molecule has 3 nitrogen and oxygen atoms in total. The summed E-state index contributed by atoms with van der Waals surface area (Å²) in [5.41, 5.74) is -0.447. The number of ketones is 1. The number of rotatable bonds is 6. The number of carbonyl (C=O) groups is 2. The molecule has 0 aliphatic heterocycles. The lowest BCUT2D eigenvalue weighted by Crippen LogP contribution is -2.13. The van der Waals surface area contributed by atoms with Crippen molar-refractivity contribution in [2.75, 3.05) is 11.9 Å². The van der Waals surface area contributed by atoms with Crippen LogP contribution in [0, 0.1) is 0 Å². The first kappa shape index (κ1) is 15.8. The summed E-state index contributed by atoms with van der Waals surface area (Å²) in [7, 11) is 0. The highest BCUT2D eigenvalue weighted by atomic mass is 79.9. The van der Waals surface area contributed by atoms with Crippen molar-refractivity contribution in [3.8, 4) is 0 Å². The Morgan fingerprint density at radius 3 is 2.58 bits per heavy atom. The molecule has 104 valence electrons. The molecule has 6 heteroatoms. The number of carbonyl (C=O) groups excluding carboxylic acids is 2. The Kier molecular flexibility index (Phi) is 6.08. The maximum atomic E-state index is 13.1. The van der Waals surface area contributed by atoms with Crippen LogP contribution in [-0.2, 0) is 16.0 Å². The number of hydrogen-bond acceptors (Lipinski definition) is 3. The third-order valence-electron chi connectivity index (χ3n) is 2.45. The minimum Gasteiger partial charge on any atom is -0.462 e. The fraction of sp³-hybridized carbons (Fsp3) is 0.385. The Morgan fingerprint density at radius 2 is 2.05 bits per heavy atom. The summed E-state index contributed by atoms with van der Waals surface area (Å²) < 4.78 is 31.0.